The van der Waals surface area contributed by atoms with Crippen LogP contribution >= 0.6 is 0 Å². The summed E-state index contributed by atoms with van der Waals surface area (Å²) in [4.78, 5) is 0. The molecule has 0 saturated heterocycles. The first-order chi connectivity index (χ1) is 10.5. The van der Waals surface area contributed by atoms with Crippen LogP contribution in [-0.4, -0.2) is 21.1 Å². The Morgan fingerprint density at radius 2 is 0.957 bits per heavy atom. The van der Waals surface area contributed by atoms with Crippen LogP contribution < -0.4 is 0 Å². The second-order valence-electron chi connectivity index (χ2n) is 8.29. The molecule has 0 nitrogen and oxygen atoms in total. The van der Waals surface area contributed by atoms with Crippen molar-refractivity contribution in [3.63, 3.8) is 0 Å². The van der Waals surface area contributed by atoms with E-state index in [9.17, 15) is 0 Å². The van der Waals surface area contributed by atoms with Crippen LogP contribution in [-0.2, 0) is 0 Å². The van der Waals surface area contributed by atoms with Gasteiger partial charge in [0, 0.05) is 0 Å². The van der Waals surface area contributed by atoms with Gasteiger partial charge in [-0.2, -0.15) is 0 Å². The molecule has 1 heteroatoms. The van der Waals surface area contributed by atoms with E-state index >= 15 is 0 Å². The summed E-state index contributed by atoms with van der Waals surface area (Å²) in [6.07, 6.45) is 2.40. The summed E-state index contributed by atoms with van der Waals surface area (Å²) in [6, 6.07) is 0. The van der Waals surface area contributed by atoms with E-state index in [1.165, 1.54) is 12.8 Å². The molecule has 0 heterocycles. The third-order valence-corrected chi connectivity index (χ3v) is 13.4. The van der Waals surface area contributed by atoms with E-state index in [4.69, 9.17) is 0 Å². The zero-order valence-electron chi connectivity index (χ0n) is 16.9. The molecule has 0 fully saturated rings. The third kappa shape index (κ3) is 2.73. The van der Waals surface area contributed by atoms with Crippen molar-refractivity contribution in [1.82, 2.24) is 0 Å². The monoisotopic (exact) mass is 418 g/mol. The summed E-state index contributed by atoms with van der Waals surface area (Å²) < 4.78 is 3.69. The molecule has 0 aromatic rings. The number of allylic oxidation sites excluding steroid dienone is 8. The van der Waals surface area contributed by atoms with Gasteiger partial charge in [-0.25, -0.2) is 0 Å². The molecule has 0 unspecified atom stereocenters. The first-order valence-corrected chi connectivity index (χ1v) is 12.0. The Kier molecular flexibility index (Phi) is 5.18. The molecule has 126 valence electrons. The summed E-state index contributed by atoms with van der Waals surface area (Å²) in [5.41, 5.74) is 10.4. The maximum atomic E-state index is 2.46. The van der Waals surface area contributed by atoms with Gasteiger partial charge < -0.3 is 0 Å². The van der Waals surface area contributed by atoms with Gasteiger partial charge in [0.05, 0.1) is 0 Å². The van der Waals surface area contributed by atoms with Crippen LogP contribution in [0.1, 0.15) is 82.1 Å². The molecular formula is C22H34Sn. The summed E-state index contributed by atoms with van der Waals surface area (Å²) in [7, 11) is 0. The Morgan fingerprint density at radius 3 is 1.22 bits per heavy atom. The van der Waals surface area contributed by atoms with Crippen LogP contribution in [0.25, 0.3) is 0 Å². The topological polar surface area (TPSA) is 0 Å². The van der Waals surface area contributed by atoms with E-state index in [0.29, 0.717) is 0 Å². The maximum absolute atomic E-state index is 2.46. The first-order valence-electron chi connectivity index (χ1n) is 9.12. The molecule has 0 bridgehead atoms. The van der Waals surface area contributed by atoms with Crippen LogP contribution in [0, 0.1) is 10.8 Å². The molecule has 0 aromatic heterocycles. The van der Waals surface area contributed by atoms with E-state index in [1.807, 2.05) is 7.18 Å². The molecule has 2 rings (SSSR count). The fourth-order valence-electron chi connectivity index (χ4n) is 4.37. The Morgan fingerprint density at radius 1 is 0.652 bits per heavy atom. The molecule has 0 amide bonds. The summed E-state index contributed by atoms with van der Waals surface area (Å²) in [6.45, 7) is 24.0. The molecule has 0 aliphatic heterocycles. The van der Waals surface area contributed by atoms with Gasteiger partial charge in [-0.05, 0) is 0 Å². The molecule has 0 aromatic carbocycles. The normalized spacial score (nSPS) is 23.7. The van der Waals surface area contributed by atoms with Gasteiger partial charge in [-0.1, -0.05) is 0 Å². The number of hydrogen-bond acceptors (Lipinski definition) is 0. The van der Waals surface area contributed by atoms with Crippen molar-refractivity contribution in [2.75, 3.05) is 0 Å². The fraction of sp³-hybridized carbons (Fsp3) is 0.636. The minimum atomic E-state index is -0.762. The zero-order chi connectivity index (χ0) is 17.7. The molecule has 2 radical (unpaired) electrons. The van der Waals surface area contributed by atoms with Gasteiger partial charge in [-0.3, -0.25) is 0 Å². The van der Waals surface area contributed by atoms with Crippen molar-refractivity contribution >= 4 is 21.1 Å². The van der Waals surface area contributed by atoms with Crippen LogP contribution in [0.2, 0.25) is 0 Å². The molecule has 23 heavy (non-hydrogen) atoms. The predicted molar refractivity (Wildman–Crippen MR) is 105 cm³/mol. The van der Waals surface area contributed by atoms with Gasteiger partial charge in [0.1, 0.15) is 0 Å². The van der Waals surface area contributed by atoms with E-state index < -0.39 is 21.1 Å². The molecular weight excluding hydrogens is 383 g/mol. The Hall–Kier alpha value is -0.241. The molecule has 0 saturated carbocycles. The van der Waals surface area contributed by atoms with Crippen LogP contribution in [0.3, 0.4) is 0 Å². The van der Waals surface area contributed by atoms with Gasteiger partial charge in [-0.15, -0.1) is 0 Å². The van der Waals surface area contributed by atoms with Crippen molar-refractivity contribution < 1.29 is 0 Å². The fourth-order valence-corrected chi connectivity index (χ4v) is 10.9. The predicted octanol–water partition coefficient (Wildman–Crippen LogP) is 6.77. The van der Waals surface area contributed by atoms with Gasteiger partial charge in [0.15, 0.2) is 0 Å². The Balaban J connectivity index is 2.55. The van der Waals surface area contributed by atoms with Crippen molar-refractivity contribution in [3.8, 4) is 0 Å². The zero-order valence-corrected chi connectivity index (χ0v) is 19.8. The molecule has 2 aliphatic rings. The number of hydrogen-bond donors (Lipinski definition) is 0. The average Bonchev–Trinajstić information content (AvgIpc) is 2.75. The molecule has 0 spiro atoms. The van der Waals surface area contributed by atoms with E-state index in [-0.39, 0.29) is 10.8 Å². The summed E-state index contributed by atoms with van der Waals surface area (Å²) >= 11 is -0.762. The number of rotatable bonds is 4. The third-order valence-electron chi connectivity index (χ3n) is 6.72. The van der Waals surface area contributed by atoms with E-state index in [2.05, 4.69) is 69.2 Å². The molecule has 0 atom stereocenters. The first kappa shape index (κ1) is 19.1. The van der Waals surface area contributed by atoms with E-state index in [1.54, 1.807) is 33.4 Å². The van der Waals surface area contributed by atoms with Gasteiger partial charge in [0.2, 0.25) is 0 Å². The van der Waals surface area contributed by atoms with Crippen molar-refractivity contribution in [3.05, 3.63) is 40.6 Å². The van der Waals surface area contributed by atoms with Crippen molar-refractivity contribution in [2.45, 2.75) is 82.1 Å². The summed E-state index contributed by atoms with van der Waals surface area (Å²) in [5.74, 6) is 0. The Labute approximate surface area is 154 Å². The Bertz CT molecular complexity index is 602. The summed E-state index contributed by atoms with van der Waals surface area (Å²) in [5, 5.41) is 0. The van der Waals surface area contributed by atoms with Gasteiger partial charge in [0.25, 0.3) is 0 Å². The quantitative estimate of drug-likeness (QED) is 0.443. The minimum absolute atomic E-state index is 0.286. The van der Waals surface area contributed by atoms with Gasteiger partial charge >= 0.3 is 155 Å². The second kappa shape index (κ2) is 6.24. The SMILES string of the molecule is CCC1=[C]([Sn][C]2=C(CC)C(C)=C(C)C2(C)C)C(C)(C)C(C)=C1C. The second-order valence-corrected chi connectivity index (χ2v) is 11.9. The molecule has 2 aliphatic carbocycles. The van der Waals surface area contributed by atoms with Crippen molar-refractivity contribution in [2.24, 2.45) is 10.8 Å². The molecule has 0 N–H and O–H groups in total. The van der Waals surface area contributed by atoms with Crippen LogP contribution in [0.4, 0.5) is 0 Å². The van der Waals surface area contributed by atoms with Crippen LogP contribution in [0.15, 0.2) is 40.6 Å². The van der Waals surface area contributed by atoms with Crippen LogP contribution in [0.5, 0.6) is 0 Å². The van der Waals surface area contributed by atoms with Crippen molar-refractivity contribution in [1.29, 1.82) is 0 Å². The van der Waals surface area contributed by atoms with E-state index in [0.717, 1.165) is 0 Å². The standard InChI is InChI=1S/2C11H17.Sn/c2*1-6-10-7-11(4,5)9(3)8(10)2;/h2*6H2,1-5H3;. The average molecular weight is 417 g/mol.